The van der Waals surface area contributed by atoms with Crippen LogP contribution in [-0.2, 0) is 9.59 Å². The molecule has 1 aliphatic rings. The van der Waals surface area contributed by atoms with E-state index in [-0.39, 0.29) is 11.3 Å². The number of benzene rings is 2. The molecule has 152 valence electrons. The summed E-state index contributed by atoms with van der Waals surface area (Å²) in [7, 11) is 0. The highest BCUT2D eigenvalue weighted by Gasteiger charge is 2.47. The number of aliphatic hydroxyl groups is 1. The molecule has 0 bridgehead atoms. The number of carbonyl (C=O) groups excluding carboxylic acids is 2. The first-order valence-corrected chi connectivity index (χ1v) is 10.4. The summed E-state index contributed by atoms with van der Waals surface area (Å²) in [6.07, 6.45) is 0. The number of aliphatic hydroxyl groups excluding tert-OH is 1. The monoisotopic (exact) mass is 421 g/mol. The number of Topliss-reactive ketones (excluding diaryl/α,β-unsaturated/α-hetero) is 1. The molecular weight excluding hydrogens is 401 g/mol. The highest BCUT2D eigenvalue weighted by molar-refractivity contribution is 7.10. The Morgan fingerprint density at radius 1 is 1.03 bits per heavy atom. The number of hydrogen-bond donors (Lipinski definition) is 1. The fraction of sp³-hybridized carbons (Fsp3) is 0.167. The fourth-order valence-corrected chi connectivity index (χ4v) is 4.64. The summed E-state index contributed by atoms with van der Waals surface area (Å²) >= 11 is 1.40. The van der Waals surface area contributed by atoms with Crippen molar-refractivity contribution in [3.63, 3.8) is 0 Å². The highest BCUT2D eigenvalue weighted by Crippen LogP contribution is 2.44. The van der Waals surface area contributed by atoms with Gasteiger partial charge in [-0.05, 0) is 67.6 Å². The molecular formula is C24H20FNO3S. The molecule has 2 aromatic carbocycles. The number of carbonyl (C=O) groups is 2. The van der Waals surface area contributed by atoms with Crippen LogP contribution in [-0.4, -0.2) is 16.8 Å². The Labute approximate surface area is 177 Å². The van der Waals surface area contributed by atoms with Crippen molar-refractivity contribution in [2.75, 3.05) is 4.90 Å². The van der Waals surface area contributed by atoms with Crippen LogP contribution in [0.2, 0.25) is 0 Å². The number of amides is 1. The van der Waals surface area contributed by atoms with Gasteiger partial charge in [-0.3, -0.25) is 14.5 Å². The molecule has 1 amide bonds. The second kappa shape index (κ2) is 7.54. The Bertz CT molecular complexity index is 1200. The quantitative estimate of drug-likeness (QED) is 0.348. The topological polar surface area (TPSA) is 57.6 Å². The van der Waals surface area contributed by atoms with Crippen molar-refractivity contribution in [1.29, 1.82) is 0 Å². The zero-order valence-corrected chi connectivity index (χ0v) is 17.6. The van der Waals surface area contributed by atoms with Gasteiger partial charge in [-0.2, -0.15) is 0 Å². The zero-order chi connectivity index (χ0) is 21.6. The SMILES string of the molecule is Cc1ccc(N2C(=O)C(=O)/C(=C(\O)c3ccc(F)c(C)c3)C2c2cccs2)c(C)c1. The molecule has 1 fully saturated rings. The number of rotatable bonds is 3. The number of thiophene rings is 1. The number of anilines is 1. The summed E-state index contributed by atoms with van der Waals surface area (Å²) in [6.45, 7) is 5.42. The Morgan fingerprint density at radius 3 is 2.43 bits per heavy atom. The maximum absolute atomic E-state index is 13.7. The van der Waals surface area contributed by atoms with E-state index >= 15 is 0 Å². The number of hydrogen-bond acceptors (Lipinski definition) is 4. The lowest BCUT2D eigenvalue weighted by Gasteiger charge is -2.26. The summed E-state index contributed by atoms with van der Waals surface area (Å²) in [6, 6.07) is 12.7. The molecule has 0 spiro atoms. The normalized spacial score (nSPS) is 18.3. The van der Waals surface area contributed by atoms with Gasteiger partial charge in [0.05, 0.1) is 5.57 Å². The summed E-state index contributed by atoms with van der Waals surface area (Å²) < 4.78 is 13.7. The Balaban J connectivity index is 1.95. The van der Waals surface area contributed by atoms with Crippen LogP contribution < -0.4 is 4.90 Å². The van der Waals surface area contributed by atoms with Crippen molar-refractivity contribution in [2.24, 2.45) is 0 Å². The van der Waals surface area contributed by atoms with Gasteiger partial charge in [0.2, 0.25) is 0 Å². The molecule has 30 heavy (non-hydrogen) atoms. The molecule has 1 aromatic heterocycles. The molecule has 1 saturated heterocycles. The molecule has 3 aromatic rings. The minimum Gasteiger partial charge on any atom is -0.507 e. The van der Waals surface area contributed by atoms with E-state index in [9.17, 15) is 19.1 Å². The lowest BCUT2D eigenvalue weighted by atomic mass is 9.98. The van der Waals surface area contributed by atoms with Crippen LogP contribution in [0.3, 0.4) is 0 Å². The van der Waals surface area contributed by atoms with Gasteiger partial charge < -0.3 is 5.11 Å². The van der Waals surface area contributed by atoms with Crippen molar-refractivity contribution < 1.29 is 19.1 Å². The number of ketones is 1. The summed E-state index contributed by atoms with van der Waals surface area (Å²) in [5.74, 6) is -2.16. The van der Waals surface area contributed by atoms with Gasteiger partial charge in [0, 0.05) is 16.1 Å². The van der Waals surface area contributed by atoms with Crippen molar-refractivity contribution in [3.8, 4) is 0 Å². The predicted octanol–water partition coefficient (Wildman–Crippen LogP) is 5.44. The first kappa shape index (κ1) is 20.0. The van der Waals surface area contributed by atoms with Crippen molar-refractivity contribution in [3.05, 3.63) is 92.4 Å². The van der Waals surface area contributed by atoms with Crippen LogP contribution in [0.5, 0.6) is 0 Å². The van der Waals surface area contributed by atoms with Crippen molar-refractivity contribution in [2.45, 2.75) is 26.8 Å². The van der Waals surface area contributed by atoms with E-state index in [1.165, 1.54) is 34.4 Å². The zero-order valence-electron chi connectivity index (χ0n) is 16.8. The second-order valence-corrected chi connectivity index (χ2v) is 8.42. The number of aryl methyl sites for hydroxylation is 3. The van der Waals surface area contributed by atoms with Gasteiger partial charge in [0.25, 0.3) is 11.7 Å². The molecule has 4 rings (SSSR count). The van der Waals surface area contributed by atoms with E-state index in [1.54, 1.807) is 6.92 Å². The van der Waals surface area contributed by atoms with Gasteiger partial charge in [-0.1, -0.05) is 23.8 Å². The van der Waals surface area contributed by atoms with Gasteiger partial charge in [0.1, 0.15) is 17.6 Å². The lowest BCUT2D eigenvalue weighted by Crippen LogP contribution is -2.29. The van der Waals surface area contributed by atoms with Gasteiger partial charge in [-0.15, -0.1) is 11.3 Å². The lowest BCUT2D eigenvalue weighted by molar-refractivity contribution is -0.132. The third-order valence-electron chi connectivity index (χ3n) is 5.30. The maximum atomic E-state index is 13.7. The Kier molecular flexibility index (Phi) is 5.03. The maximum Gasteiger partial charge on any atom is 0.300 e. The summed E-state index contributed by atoms with van der Waals surface area (Å²) in [5, 5.41) is 12.9. The van der Waals surface area contributed by atoms with E-state index in [4.69, 9.17) is 0 Å². The fourth-order valence-electron chi connectivity index (χ4n) is 3.82. The number of nitrogens with zero attached hydrogens (tertiary/aromatic N) is 1. The molecule has 0 radical (unpaired) electrons. The Morgan fingerprint density at radius 2 is 1.80 bits per heavy atom. The van der Waals surface area contributed by atoms with Gasteiger partial charge in [0.15, 0.2) is 0 Å². The largest absolute Gasteiger partial charge is 0.507 e. The molecule has 1 atom stereocenters. The first-order valence-electron chi connectivity index (χ1n) is 9.47. The Hall–Kier alpha value is -3.25. The van der Waals surface area contributed by atoms with Crippen LogP contribution in [0.1, 0.15) is 33.2 Å². The average Bonchev–Trinajstić information content (AvgIpc) is 3.31. The smallest absolute Gasteiger partial charge is 0.300 e. The van der Waals surface area contributed by atoms with Crippen LogP contribution in [0.4, 0.5) is 10.1 Å². The molecule has 2 heterocycles. The van der Waals surface area contributed by atoms with Gasteiger partial charge in [-0.25, -0.2) is 4.39 Å². The van der Waals surface area contributed by atoms with E-state index in [2.05, 4.69) is 0 Å². The van der Waals surface area contributed by atoms with Gasteiger partial charge >= 0.3 is 0 Å². The molecule has 6 heteroatoms. The standard InChI is InChI=1S/C24H20FNO3S/c1-13-6-9-18(15(3)11-13)26-21(19-5-4-10-30-19)20(23(28)24(26)29)22(27)16-7-8-17(25)14(2)12-16/h4-12,21,27H,1-3H3/b22-20-. The van der Waals surface area contributed by atoms with Crippen molar-refractivity contribution in [1.82, 2.24) is 0 Å². The van der Waals surface area contributed by atoms with Crippen LogP contribution in [0.15, 0.2) is 59.5 Å². The van der Waals surface area contributed by atoms with E-state index < -0.39 is 23.5 Å². The summed E-state index contributed by atoms with van der Waals surface area (Å²) in [4.78, 5) is 28.4. The molecule has 1 N–H and O–H groups in total. The third kappa shape index (κ3) is 3.23. The van der Waals surface area contributed by atoms with Crippen molar-refractivity contribution >= 4 is 34.5 Å². The van der Waals surface area contributed by atoms with Crippen LogP contribution in [0.25, 0.3) is 5.76 Å². The third-order valence-corrected chi connectivity index (χ3v) is 6.23. The molecule has 0 saturated carbocycles. The average molecular weight is 421 g/mol. The molecule has 1 unspecified atom stereocenters. The minimum atomic E-state index is -0.757. The molecule has 4 nitrogen and oxygen atoms in total. The minimum absolute atomic E-state index is 0.00781. The highest BCUT2D eigenvalue weighted by atomic mass is 32.1. The first-order chi connectivity index (χ1) is 14.3. The van der Waals surface area contributed by atoms with E-state index in [0.717, 1.165) is 16.0 Å². The second-order valence-electron chi connectivity index (χ2n) is 7.44. The predicted molar refractivity (Wildman–Crippen MR) is 116 cm³/mol. The van der Waals surface area contributed by atoms with E-state index in [0.29, 0.717) is 16.8 Å². The molecule has 0 aliphatic carbocycles. The van der Waals surface area contributed by atoms with E-state index in [1.807, 2.05) is 49.6 Å². The number of halogens is 1. The summed E-state index contributed by atoms with van der Waals surface area (Å²) in [5.41, 5.74) is 3.17. The van der Waals surface area contributed by atoms with Crippen LogP contribution in [0, 0.1) is 26.6 Å². The van der Waals surface area contributed by atoms with Crippen LogP contribution >= 0.6 is 11.3 Å². The molecule has 1 aliphatic heterocycles.